The summed E-state index contributed by atoms with van der Waals surface area (Å²) in [5.74, 6) is 0.222. The van der Waals surface area contributed by atoms with Gasteiger partial charge in [0, 0.05) is 11.5 Å². The third-order valence-electron chi connectivity index (χ3n) is 1.98. The van der Waals surface area contributed by atoms with Crippen LogP contribution in [0.3, 0.4) is 0 Å². The summed E-state index contributed by atoms with van der Waals surface area (Å²) in [7, 11) is 0. The fourth-order valence-electron chi connectivity index (χ4n) is 1.19. The van der Waals surface area contributed by atoms with Gasteiger partial charge in [0.1, 0.15) is 5.75 Å². The summed E-state index contributed by atoms with van der Waals surface area (Å²) in [6, 6.07) is 6.73. The molecule has 76 valence electrons. The Morgan fingerprint density at radius 2 is 2.00 bits per heavy atom. The molecule has 14 heavy (non-hydrogen) atoms. The van der Waals surface area contributed by atoms with Gasteiger partial charge in [-0.1, -0.05) is 31.2 Å². The van der Waals surface area contributed by atoms with Crippen LogP contribution in [0.4, 0.5) is 8.78 Å². The largest absolute Gasteiger partial charge is 0.435 e. The van der Waals surface area contributed by atoms with Gasteiger partial charge in [0.2, 0.25) is 0 Å². The molecule has 0 saturated carbocycles. The van der Waals surface area contributed by atoms with Crippen molar-refractivity contribution in [1.29, 1.82) is 0 Å². The van der Waals surface area contributed by atoms with Crippen LogP contribution in [0, 0.1) is 0 Å². The minimum absolute atomic E-state index is 0.00458. The summed E-state index contributed by atoms with van der Waals surface area (Å²) < 4.78 is 28.4. The van der Waals surface area contributed by atoms with Gasteiger partial charge in [-0.2, -0.15) is 8.78 Å². The normalized spacial score (nSPS) is 12.6. The Hall–Kier alpha value is -1.38. The summed E-state index contributed by atoms with van der Waals surface area (Å²) in [4.78, 5) is 0. The number of rotatable bonds is 4. The first-order valence-corrected chi connectivity index (χ1v) is 4.31. The topological polar surface area (TPSA) is 9.23 Å². The molecule has 0 bridgehead atoms. The molecule has 1 nitrogen and oxygen atoms in total. The van der Waals surface area contributed by atoms with Crippen LogP contribution >= 0.6 is 0 Å². The lowest BCUT2D eigenvalue weighted by Gasteiger charge is -2.13. The number of allylic oxidation sites excluding steroid dienone is 1. The van der Waals surface area contributed by atoms with Gasteiger partial charge in [-0.15, -0.1) is 6.58 Å². The third kappa shape index (κ3) is 2.55. The second kappa shape index (κ2) is 4.74. The van der Waals surface area contributed by atoms with Crippen molar-refractivity contribution >= 4 is 0 Å². The van der Waals surface area contributed by atoms with Crippen molar-refractivity contribution in [3.8, 4) is 5.75 Å². The van der Waals surface area contributed by atoms with Crippen LogP contribution in [-0.4, -0.2) is 6.61 Å². The maximum Gasteiger partial charge on any atom is 0.387 e. The van der Waals surface area contributed by atoms with E-state index in [9.17, 15) is 8.78 Å². The molecular formula is C11H12F2O. The van der Waals surface area contributed by atoms with E-state index in [0.717, 1.165) is 5.56 Å². The monoisotopic (exact) mass is 198 g/mol. The Morgan fingerprint density at radius 1 is 1.36 bits per heavy atom. The molecule has 0 radical (unpaired) electrons. The Morgan fingerprint density at radius 3 is 2.57 bits per heavy atom. The predicted molar refractivity (Wildman–Crippen MR) is 51.7 cm³/mol. The summed E-state index contributed by atoms with van der Waals surface area (Å²) in [5, 5.41) is 0. The summed E-state index contributed by atoms with van der Waals surface area (Å²) >= 11 is 0. The van der Waals surface area contributed by atoms with Crippen LogP contribution < -0.4 is 4.74 Å². The molecule has 0 saturated heterocycles. The Kier molecular flexibility index (Phi) is 3.63. The van der Waals surface area contributed by atoms with E-state index < -0.39 is 6.61 Å². The summed E-state index contributed by atoms with van der Waals surface area (Å²) in [6.07, 6.45) is 1.69. The molecule has 1 atom stereocenters. The van der Waals surface area contributed by atoms with E-state index in [1.165, 1.54) is 6.07 Å². The lowest BCUT2D eigenvalue weighted by Crippen LogP contribution is -2.05. The van der Waals surface area contributed by atoms with Crippen molar-refractivity contribution < 1.29 is 13.5 Å². The van der Waals surface area contributed by atoms with Crippen LogP contribution in [0.25, 0.3) is 0 Å². The fourth-order valence-corrected chi connectivity index (χ4v) is 1.19. The molecule has 1 aromatic rings. The number of hydrogen-bond acceptors (Lipinski definition) is 1. The number of benzene rings is 1. The van der Waals surface area contributed by atoms with Gasteiger partial charge in [-0.05, 0) is 6.07 Å². The maximum atomic E-state index is 12.0. The lowest BCUT2D eigenvalue weighted by atomic mass is 10.0. The molecule has 0 heterocycles. The molecule has 0 aliphatic heterocycles. The number of alkyl halides is 2. The maximum absolute atomic E-state index is 12.0. The zero-order valence-corrected chi connectivity index (χ0v) is 7.91. The van der Waals surface area contributed by atoms with Crippen molar-refractivity contribution in [3.63, 3.8) is 0 Å². The van der Waals surface area contributed by atoms with Crippen LogP contribution in [0.1, 0.15) is 18.4 Å². The molecule has 0 aliphatic rings. The van der Waals surface area contributed by atoms with Crippen molar-refractivity contribution in [1.82, 2.24) is 0 Å². The van der Waals surface area contributed by atoms with Crippen molar-refractivity contribution in [2.24, 2.45) is 0 Å². The molecule has 3 heteroatoms. The minimum atomic E-state index is -2.78. The molecular weight excluding hydrogens is 186 g/mol. The van der Waals surface area contributed by atoms with E-state index in [-0.39, 0.29) is 11.7 Å². The summed E-state index contributed by atoms with van der Waals surface area (Å²) in [6.45, 7) is 2.71. The molecule has 0 fully saturated rings. The van der Waals surface area contributed by atoms with Gasteiger partial charge >= 0.3 is 6.61 Å². The molecule has 0 N–H and O–H groups in total. The predicted octanol–water partition coefficient (Wildman–Crippen LogP) is 3.58. The number of para-hydroxylation sites is 1. The molecule has 1 aromatic carbocycles. The Bertz CT molecular complexity index is 310. The Labute approximate surface area is 82.0 Å². The average Bonchev–Trinajstić information content (AvgIpc) is 2.16. The van der Waals surface area contributed by atoms with Gasteiger partial charge < -0.3 is 4.74 Å². The molecule has 0 amide bonds. The van der Waals surface area contributed by atoms with E-state index in [2.05, 4.69) is 11.3 Å². The first kappa shape index (κ1) is 10.7. The minimum Gasteiger partial charge on any atom is -0.435 e. The van der Waals surface area contributed by atoms with Crippen LogP contribution in [0.2, 0.25) is 0 Å². The van der Waals surface area contributed by atoms with Gasteiger partial charge in [0.15, 0.2) is 0 Å². The highest BCUT2D eigenvalue weighted by atomic mass is 19.3. The third-order valence-corrected chi connectivity index (χ3v) is 1.98. The summed E-state index contributed by atoms with van der Waals surface area (Å²) in [5.41, 5.74) is 0.725. The zero-order valence-electron chi connectivity index (χ0n) is 7.91. The molecule has 0 aliphatic carbocycles. The SMILES string of the molecule is C=CC(C)c1ccccc1OC(F)F. The lowest BCUT2D eigenvalue weighted by molar-refractivity contribution is -0.0505. The number of hydrogen-bond donors (Lipinski definition) is 0. The first-order chi connectivity index (χ1) is 6.65. The van der Waals surface area contributed by atoms with Crippen molar-refractivity contribution in [2.45, 2.75) is 19.5 Å². The Balaban J connectivity index is 2.96. The highest BCUT2D eigenvalue weighted by molar-refractivity contribution is 5.37. The van der Waals surface area contributed by atoms with Crippen LogP contribution in [-0.2, 0) is 0 Å². The quantitative estimate of drug-likeness (QED) is 0.672. The average molecular weight is 198 g/mol. The van der Waals surface area contributed by atoms with E-state index in [1.54, 1.807) is 24.3 Å². The highest BCUT2D eigenvalue weighted by Crippen LogP contribution is 2.27. The van der Waals surface area contributed by atoms with Gasteiger partial charge in [-0.25, -0.2) is 0 Å². The van der Waals surface area contributed by atoms with Crippen molar-refractivity contribution in [2.75, 3.05) is 0 Å². The van der Waals surface area contributed by atoms with E-state index in [0.29, 0.717) is 0 Å². The highest BCUT2D eigenvalue weighted by Gasteiger charge is 2.11. The standard InChI is InChI=1S/C11H12F2O/c1-3-8(2)9-6-4-5-7-10(9)14-11(12)13/h3-8,11H,1H2,2H3. The zero-order chi connectivity index (χ0) is 10.6. The smallest absolute Gasteiger partial charge is 0.387 e. The van der Waals surface area contributed by atoms with Crippen LogP contribution in [0.15, 0.2) is 36.9 Å². The molecule has 0 spiro atoms. The van der Waals surface area contributed by atoms with E-state index in [1.807, 2.05) is 6.92 Å². The van der Waals surface area contributed by atoms with E-state index in [4.69, 9.17) is 0 Å². The first-order valence-electron chi connectivity index (χ1n) is 4.31. The fraction of sp³-hybridized carbons (Fsp3) is 0.273. The number of halogens is 2. The number of ether oxygens (including phenoxy) is 1. The molecule has 1 unspecified atom stereocenters. The second-order valence-electron chi connectivity index (χ2n) is 2.94. The molecule has 0 aromatic heterocycles. The van der Waals surface area contributed by atoms with Gasteiger partial charge in [-0.3, -0.25) is 0 Å². The van der Waals surface area contributed by atoms with Gasteiger partial charge in [0.25, 0.3) is 0 Å². The second-order valence-corrected chi connectivity index (χ2v) is 2.94. The van der Waals surface area contributed by atoms with Crippen LogP contribution in [0.5, 0.6) is 5.75 Å². The van der Waals surface area contributed by atoms with Gasteiger partial charge in [0.05, 0.1) is 0 Å². The van der Waals surface area contributed by atoms with E-state index >= 15 is 0 Å². The molecule has 1 rings (SSSR count). The van der Waals surface area contributed by atoms with Crippen molar-refractivity contribution in [3.05, 3.63) is 42.5 Å².